The zero-order valence-corrected chi connectivity index (χ0v) is 23.0. The third-order valence-corrected chi connectivity index (χ3v) is 7.25. The minimum atomic E-state index is 0.144. The fourth-order valence-corrected chi connectivity index (χ4v) is 5.80. The number of rotatable bonds is 3. The van der Waals surface area contributed by atoms with E-state index in [9.17, 15) is 0 Å². The van der Waals surface area contributed by atoms with Crippen molar-refractivity contribution in [2.75, 3.05) is 0 Å². The van der Waals surface area contributed by atoms with Gasteiger partial charge in [-0.05, 0) is 75.9 Å². The molecule has 2 heterocycles. The van der Waals surface area contributed by atoms with Gasteiger partial charge in [-0.1, -0.05) is 72.7 Å². The van der Waals surface area contributed by atoms with Crippen molar-refractivity contribution in [1.29, 1.82) is 0 Å². The molecule has 0 unspecified atom stereocenters. The Hall–Kier alpha value is -2.87. The summed E-state index contributed by atoms with van der Waals surface area (Å²) in [6.45, 7) is 18.4. The summed E-state index contributed by atoms with van der Waals surface area (Å²) in [5.74, 6) is 2.05. The van der Waals surface area contributed by atoms with Gasteiger partial charge in [0, 0.05) is 11.6 Å². The lowest BCUT2D eigenvalue weighted by molar-refractivity contribution is -0.659. The number of ether oxygens (including phenoxy) is 1. The fraction of sp³-hybridized carbons (Fsp3) is 0.424. The zero-order valence-electron chi connectivity index (χ0n) is 23.0. The first-order chi connectivity index (χ1) is 16.4. The number of aryl methyl sites for hydroxylation is 3. The van der Waals surface area contributed by atoms with Gasteiger partial charge in [0.15, 0.2) is 6.20 Å². The third-order valence-electron chi connectivity index (χ3n) is 7.25. The Morgan fingerprint density at radius 1 is 0.829 bits per heavy atom. The van der Waals surface area contributed by atoms with Gasteiger partial charge in [0.1, 0.15) is 18.5 Å². The molecule has 1 aliphatic heterocycles. The average molecular weight is 467 g/mol. The molecule has 0 bridgehead atoms. The van der Waals surface area contributed by atoms with Gasteiger partial charge in [0.25, 0.3) is 0 Å². The highest BCUT2D eigenvalue weighted by atomic mass is 16.5. The molecule has 0 aliphatic carbocycles. The predicted octanol–water partition coefficient (Wildman–Crippen LogP) is 8.64. The van der Waals surface area contributed by atoms with E-state index >= 15 is 0 Å². The highest BCUT2D eigenvalue weighted by Crippen LogP contribution is 2.52. The van der Waals surface area contributed by atoms with Crippen LogP contribution in [0.5, 0.6) is 11.5 Å². The van der Waals surface area contributed by atoms with E-state index in [1.54, 1.807) is 0 Å². The van der Waals surface area contributed by atoms with E-state index in [0.29, 0.717) is 0 Å². The molecular weight excluding hydrogens is 426 g/mol. The van der Waals surface area contributed by atoms with Gasteiger partial charge in [0.2, 0.25) is 5.69 Å². The lowest BCUT2D eigenvalue weighted by Crippen LogP contribution is -2.32. The maximum absolute atomic E-state index is 6.97. The first-order valence-corrected chi connectivity index (χ1v) is 13.1. The van der Waals surface area contributed by atoms with Crippen LogP contribution in [0.3, 0.4) is 0 Å². The Kier molecular flexibility index (Phi) is 5.51. The Morgan fingerprint density at radius 2 is 1.54 bits per heavy atom. The van der Waals surface area contributed by atoms with Crippen LogP contribution in [0, 0.1) is 17.8 Å². The van der Waals surface area contributed by atoms with Gasteiger partial charge >= 0.3 is 0 Å². The zero-order chi connectivity index (χ0) is 25.3. The van der Waals surface area contributed by atoms with Gasteiger partial charge in [-0.25, -0.2) is 4.57 Å². The van der Waals surface area contributed by atoms with E-state index in [4.69, 9.17) is 4.74 Å². The van der Waals surface area contributed by atoms with Crippen LogP contribution in [0.4, 0.5) is 0 Å². The molecule has 0 spiro atoms. The van der Waals surface area contributed by atoms with Crippen LogP contribution in [-0.4, -0.2) is 0 Å². The third kappa shape index (κ3) is 4.22. The normalized spacial score (nSPS) is 13.3. The van der Waals surface area contributed by atoms with Crippen LogP contribution in [-0.2, 0) is 26.3 Å². The first-order valence-electron chi connectivity index (χ1n) is 13.1. The summed E-state index contributed by atoms with van der Waals surface area (Å²) in [7, 11) is 2.17. The molecule has 1 aromatic heterocycles. The second kappa shape index (κ2) is 8.08. The van der Waals surface area contributed by atoms with Crippen LogP contribution in [0.25, 0.3) is 32.8 Å². The summed E-state index contributed by atoms with van der Waals surface area (Å²) in [5, 5.41) is 5.18. The molecule has 1 aliphatic rings. The maximum atomic E-state index is 6.97. The largest absolute Gasteiger partial charge is 0.455 e. The Balaban J connectivity index is 1.89. The van der Waals surface area contributed by atoms with Gasteiger partial charge in [-0.3, -0.25) is 0 Å². The second-order valence-corrected chi connectivity index (χ2v) is 13.0. The van der Waals surface area contributed by atoms with Crippen molar-refractivity contribution in [2.24, 2.45) is 17.9 Å². The van der Waals surface area contributed by atoms with Crippen molar-refractivity contribution in [1.82, 2.24) is 0 Å². The molecule has 0 fully saturated rings. The van der Waals surface area contributed by atoms with Crippen LogP contribution in [0.15, 0.2) is 42.6 Å². The quantitative estimate of drug-likeness (QED) is 0.243. The number of benzene rings is 3. The summed E-state index contributed by atoms with van der Waals surface area (Å²) in [6.07, 6.45) is 5.25. The van der Waals surface area contributed by atoms with Crippen molar-refractivity contribution >= 4 is 21.5 Å². The van der Waals surface area contributed by atoms with Crippen molar-refractivity contribution in [2.45, 2.75) is 74.7 Å². The lowest BCUT2D eigenvalue weighted by Gasteiger charge is -2.29. The summed E-state index contributed by atoms with van der Waals surface area (Å²) in [4.78, 5) is 0. The highest BCUT2D eigenvalue weighted by Gasteiger charge is 2.34. The molecule has 0 amide bonds. The molecule has 4 aromatic rings. The standard InChI is InChI=1S/C33H40NO/c1-10-21-11-12-24-25(16-21)20(2)28-30-29-23(13-14-34(30)9)15-22(18-32(3,4)5)17-27(29)35-31(28)26(24)19-33(6,7)8/h11-17H,10,18-19H2,1-9H3/q+1. The van der Waals surface area contributed by atoms with E-state index in [1.165, 1.54) is 55.1 Å². The van der Waals surface area contributed by atoms with Crippen LogP contribution in [0.2, 0.25) is 0 Å². The number of nitrogens with zero attached hydrogens (tertiary/aromatic N) is 1. The van der Waals surface area contributed by atoms with E-state index < -0.39 is 0 Å². The highest BCUT2D eigenvalue weighted by molar-refractivity contribution is 6.06. The minimum Gasteiger partial charge on any atom is -0.455 e. The van der Waals surface area contributed by atoms with E-state index in [2.05, 4.69) is 110 Å². The average Bonchev–Trinajstić information content (AvgIpc) is 2.76. The van der Waals surface area contributed by atoms with Gasteiger partial charge in [-0.15, -0.1) is 0 Å². The fourth-order valence-electron chi connectivity index (χ4n) is 5.80. The van der Waals surface area contributed by atoms with Crippen LogP contribution < -0.4 is 9.30 Å². The van der Waals surface area contributed by atoms with E-state index in [-0.39, 0.29) is 10.8 Å². The number of aromatic nitrogens is 1. The SMILES string of the molecule is CCc1ccc2c(CC(C)(C)C)c3c(c(C)c2c1)-c1c2c(cc(CC(C)(C)C)cc2cc[n+]1C)O3. The molecule has 0 N–H and O–H groups in total. The van der Waals surface area contributed by atoms with Crippen molar-refractivity contribution < 1.29 is 9.30 Å². The van der Waals surface area contributed by atoms with Crippen molar-refractivity contribution in [3.63, 3.8) is 0 Å². The van der Waals surface area contributed by atoms with E-state index in [1.807, 2.05) is 0 Å². The monoisotopic (exact) mass is 466 g/mol. The number of hydrogen-bond donors (Lipinski definition) is 0. The summed E-state index contributed by atoms with van der Waals surface area (Å²) < 4.78 is 9.26. The van der Waals surface area contributed by atoms with Crippen molar-refractivity contribution in [3.05, 3.63) is 64.8 Å². The van der Waals surface area contributed by atoms with Crippen molar-refractivity contribution in [3.8, 4) is 22.8 Å². The van der Waals surface area contributed by atoms with Crippen LogP contribution >= 0.6 is 0 Å². The molecule has 182 valence electrons. The molecule has 0 saturated carbocycles. The molecule has 35 heavy (non-hydrogen) atoms. The molecule has 0 saturated heterocycles. The molecule has 2 heteroatoms. The Bertz CT molecular complexity index is 1480. The summed E-state index contributed by atoms with van der Waals surface area (Å²) in [5.41, 5.74) is 8.27. The maximum Gasteiger partial charge on any atom is 0.228 e. The Morgan fingerprint density at radius 3 is 2.20 bits per heavy atom. The minimum absolute atomic E-state index is 0.144. The van der Waals surface area contributed by atoms with Crippen LogP contribution in [0.1, 0.15) is 70.7 Å². The number of hydrogen-bond acceptors (Lipinski definition) is 1. The number of pyridine rings is 1. The molecule has 0 radical (unpaired) electrons. The molecule has 0 atom stereocenters. The molecule has 2 nitrogen and oxygen atoms in total. The smallest absolute Gasteiger partial charge is 0.228 e. The first kappa shape index (κ1) is 23.9. The van der Waals surface area contributed by atoms with E-state index in [0.717, 1.165) is 30.8 Å². The summed E-state index contributed by atoms with van der Waals surface area (Å²) >= 11 is 0. The second-order valence-electron chi connectivity index (χ2n) is 13.0. The van der Waals surface area contributed by atoms with Gasteiger partial charge in [0.05, 0.1) is 10.9 Å². The van der Waals surface area contributed by atoms with Gasteiger partial charge in [-0.2, -0.15) is 0 Å². The Labute approximate surface area is 210 Å². The predicted molar refractivity (Wildman–Crippen MR) is 149 cm³/mol. The molecule has 3 aromatic carbocycles. The molecule has 5 rings (SSSR count). The number of fused-ring (bicyclic) bond motifs is 3. The lowest BCUT2D eigenvalue weighted by atomic mass is 9.81. The van der Waals surface area contributed by atoms with Gasteiger partial charge < -0.3 is 4.74 Å². The summed E-state index contributed by atoms with van der Waals surface area (Å²) in [6, 6.07) is 13.9. The molecular formula is C33H40NO+. The topological polar surface area (TPSA) is 13.1 Å².